The Balaban J connectivity index is 1.95. The highest BCUT2D eigenvalue weighted by atomic mass is 35.5. The third-order valence-corrected chi connectivity index (χ3v) is 4.75. The Morgan fingerprint density at radius 2 is 1.68 bits per heavy atom. The molecule has 0 bridgehead atoms. The van der Waals surface area contributed by atoms with E-state index in [1.807, 2.05) is 18.2 Å². The summed E-state index contributed by atoms with van der Waals surface area (Å²) in [4.78, 5) is 23.8. The van der Waals surface area contributed by atoms with Crippen molar-refractivity contribution < 1.29 is 14.7 Å². The van der Waals surface area contributed by atoms with E-state index >= 15 is 0 Å². The van der Waals surface area contributed by atoms with Crippen LogP contribution in [0, 0.1) is 0 Å². The summed E-state index contributed by atoms with van der Waals surface area (Å²) in [6.07, 6.45) is 2.75. The number of carbonyl (C=O) groups excluding carboxylic acids is 1. The lowest BCUT2D eigenvalue weighted by Gasteiger charge is -2.12. The lowest BCUT2D eigenvalue weighted by atomic mass is 10.0. The molecule has 4 nitrogen and oxygen atoms in total. The number of carboxylic acids is 1. The van der Waals surface area contributed by atoms with Crippen molar-refractivity contribution in [2.75, 3.05) is 0 Å². The summed E-state index contributed by atoms with van der Waals surface area (Å²) >= 11 is 10.1. The van der Waals surface area contributed by atoms with Gasteiger partial charge in [-0.3, -0.25) is 4.79 Å². The van der Waals surface area contributed by atoms with Crippen molar-refractivity contribution in [3.05, 3.63) is 87.9 Å². The van der Waals surface area contributed by atoms with Gasteiger partial charge in [0, 0.05) is 11.4 Å². The van der Waals surface area contributed by atoms with Gasteiger partial charge in [0.05, 0.1) is 10.6 Å². The van der Waals surface area contributed by atoms with Crippen molar-refractivity contribution in [2.45, 2.75) is 25.7 Å². The first kappa shape index (κ1) is 21.8. The predicted octanol–water partition coefficient (Wildman–Crippen LogP) is 5.11. The average Bonchev–Trinajstić information content (AvgIpc) is 2.66. The molecular weight excluding hydrogens is 394 g/mol. The lowest BCUT2D eigenvalue weighted by Crippen LogP contribution is -2.23. The second kappa shape index (κ2) is 10.7. The second-order valence-electron chi connectivity index (χ2n) is 6.26. The number of nitrogens with one attached hydrogen (secondary N) is 1. The van der Waals surface area contributed by atoms with E-state index in [-0.39, 0.29) is 28.5 Å². The summed E-state index contributed by atoms with van der Waals surface area (Å²) in [6.45, 7) is 3.83. The molecule has 0 radical (unpaired) electrons. The van der Waals surface area contributed by atoms with E-state index < -0.39 is 5.97 Å². The highest BCUT2D eigenvalue weighted by molar-refractivity contribution is 7.84. The number of hydrogen-bond acceptors (Lipinski definition) is 3. The van der Waals surface area contributed by atoms with Crippen LogP contribution in [0.15, 0.2) is 71.8 Å². The van der Waals surface area contributed by atoms with Crippen molar-refractivity contribution in [1.82, 2.24) is 5.32 Å². The first-order valence-corrected chi connectivity index (χ1v) is 9.66. The van der Waals surface area contributed by atoms with Crippen molar-refractivity contribution >= 4 is 41.7 Å². The number of amides is 1. The molecule has 0 atom stereocenters. The van der Waals surface area contributed by atoms with Crippen molar-refractivity contribution in [3.8, 4) is 0 Å². The Labute approximate surface area is 175 Å². The number of aryl methyl sites for hydroxylation is 1. The maximum atomic E-state index is 12.2. The quantitative estimate of drug-likeness (QED) is 0.231. The molecule has 0 aromatic heterocycles. The molecule has 2 rings (SSSR count). The monoisotopic (exact) mass is 415 g/mol. The van der Waals surface area contributed by atoms with Crippen LogP contribution in [0.2, 0.25) is 5.02 Å². The van der Waals surface area contributed by atoms with Gasteiger partial charge in [-0.1, -0.05) is 60.6 Å². The van der Waals surface area contributed by atoms with E-state index in [2.05, 4.69) is 36.7 Å². The number of halogens is 1. The summed E-state index contributed by atoms with van der Waals surface area (Å²) in [6, 6.07) is 16.7. The van der Waals surface area contributed by atoms with E-state index in [0.29, 0.717) is 17.0 Å². The van der Waals surface area contributed by atoms with E-state index in [4.69, 9.17) is 11.6 Å². The molecule has 0 saturated heterocycles. The molecule has 0 saturated carbocycles. The molecule has 146 valence electrons. The fraction of sp³-hybridized carbons (Fsp3) is 0.182. The minimum Gasteiger partial charge on any atom is -0.478 e. The first-order chi connectivity index (χ1) is 13.4. The van der Waals surface area contributed by atoms with Crippen LogP contribution < -0.4 is 5.32 Å². The Morgan fingerprint density at radius 3 is 2.29 bits per heavy atom. The molecule has 0 aliphatic rings. The fourth-order valence-electron chi connectivity index (χ4n) is 2.69. The number of unbranched alkanes of at least 4 members (excludes halogenated alkanes) is 1. The van der Waals surface area contributed by atoms with Crippen LogP contribution in [0.25, 0.3) is 5.57 Å². The number of aliphatic carboxylic acids is 1. The van der Waals surface area contributed by atoms with Crippen LogP contribution in [0.5, 0.6) is 0 Å². The molecule has 2 aromatic rings. The van der Waals surface area contributed by atoms with Crippen LogP contribution in [0.4, 0.5) is 0 Å². The molecule has 6 heteroatoms. The second-order valence-corrected chi connectivity index (χ2v) is 7.14. The zero-order chi connectivity index (χ0) is 20.5. The molecule has 0 aliphatic carbocycles. The van der Waals surface area contributed by atoms with Gasteiger partial charge in [0.1, 0.15) is 0 Å². The highest BCUT2D eigenvalue weighted by Gasteiger charge is 2.19. The molecule has 0 fully saturated rings. The Bertz CT molecular complexity index is 876. The van der Waals surface area contributed by atoms with Crippen molar-refractivity contribution in [1.29, 1.82) is 0 Å². The van der Waals surface area contributed by atoms with E-state index in [1.54, 1.807) is 24.3 Å². The minimum absolute atomic E-state index is 0.0273. The predicted molar refractivity (Wildman–Crippen MR) is 116 cm³/mol. The molecule has 0 unspecified atom stereocenters. The zero-order valence-corrected chi connectivity index (χ0v) is 17.0. The molecule has 0 spiro atoms. The largest absolute Gasteiger partial charge is 0.478 e. The molecule has 1 amide bonds. The van der Waals surface area contributed by atoms with Crippen LogP contribution in [-0.4, -0.2) is 17.0 Å². The molecule has 2 N–H and O–H groups in total. The molecule has 0 aliphatic heterocycles. The third-order valence-electron chi connectivity index (χ3n) is 4.17. The van der Waals surface area contributed by atoms with Gasteiger partial charge >= 0.3 is 5.97 Å². The Morgan fingerprint density at radius 1 is 1.04 bits per heavy atom. The van der Waals surface area contributed by atoms with Crippen LogP contribution in [0.3, 0.4) is 0 Å². The number of carboxylic acid groups (broad SMARTS) is 1. The maximum Gasteiger partial charge on any atom is 0.338 e. The Hall–Kier alpha value is -2.50. The van der Waals surface area contributed by atoms with Crippen LogP contribution in [-0.2, 0) is 16.0 Å². The van der Waals surface area contributed by atoms with Crippen LogP contribution in [0.1, 0.15) is 30.4 Å². The molecule has 28 heavy (non-hydrogen) atoms. The summed E-state index contributed by atoms with van der Waals surface area (Å²) in [5.41, 5.74) is 1.91. The number of rotatable bonds is 9. The number of thiol groups is 1. The van der Waals surface area contributed by atoms with E-state index in [1.165, 1.54) is 5.56 Å². The van der Waals surface area contributed by atoms with Crippen LogP contribution >= 0.6 is 24.2 Å². The summed E-state index contributed by atoms with van der Waals surface area (Å²) in [5.74, 6) is -1.49. The maximum absolute atomic E-state index is 12.2. The SMILES string of the molecule is C=C(/C(C(=O)O)=C(\S)NC(=O)CCCCc1ccccc1)c1ccc(Cl)cc1. The van der Waals surface area contributed by atoms with Gasteiger partial charge < -0.3 is 10.4 Å². The lowest BCUT2D eigenvalue weighted by molar-refractivity contribution is -0.132. The summed E-state index contributed by atoms with van der Waals surface area (Å²) in [5, 5.41) is 12.6. The summed E-state index contributed by atoms with van der Waals surface area (Å²) in [7, 11) is 0. The van der Waals surface area contributed by atoms with E-state index in [9.17, 15) is 14.7 Å². The van der Waals surface area contributed by atoms with E-state index in [0.717, 1.165) is 12.8 Å². The zero-order valence-electron chi connectivity index (χ0n) is 15.3. The first-order valence-electron chi connectivity index (χ1n) is 8.84. The van der Waals surface area contributed by atoms with Crippen molar-refractivity contribution in [2.24, 2.45) is 0 Å². The van der Waals surface area contributed by atoms with Gasteiger partial charge in [-0.05, 0) is 48.1 Å². The average molecular weight is 416 g/mol. The fourth-order valence-corrected chi connectivity index (χ4v) is 3.17. The summed E-state index contributed by atoms with van der Waals surface area (Å²) < 4.78 is 0. The number of benzene rings is 2. The molecule has 0 heterocycles. The minimum atomic E-state index is -1.21. The van der Waals surface area contributed by atoms with Gasteiger partial charge in [0.2, 0.25) is 5.91 Å². The number of carbonyl (C=O) groups is 2. The van der Waals surface area contributed by atoms with Gasteiger partial charge in [-0.2, -0.15) is 0 Å². The van der Waals surface area contributed by atoms with Crippen molar-refractivity contribution in [3.63, 3.8) is 0 Å². The Kier molecular flexibility index (Phi) is 8.36. The highest BCUT2D eigenvalue weighted by Crippen LogP contribution is 2.26. The third kappa shape index (κ3) is 6.59. The topological polar surface area (TPSA) is 66.4 Å². The number of hydrogen-bond donors (Lipinski definition) is 3. The van der Waals surface area contributed by atoms with Gasteiger partial charge in [-0.25, -0.2) is 4.79 Å². The normalized spacial score (nSPS) is 11.5. The van der Waals surface area contributed by atoms with Gasteiger partial charge in [0.25, 0.3) is 0 Å². The standard InChI is InChI=1S/C22H22ClNO3S/c1-15(17-11-13-18(23)14-12-17)20(22(26)27)21(28)24-19(25)10-6-5-9-16-7-3-2-4-8-16/h2-4,7-8,11-14,28H,1,5-6,9-10H2,(H,24,25)(H,26,27)/b21-20+. The molecular formula is C22H22ClNO3S. The smallest absolute Gasteiger partial charge is 0.338 e. The van der Waals surface area contributed by atoms with Gasteiger partial charge in [0.15, 0.2) is 0 Å². The van der Waals surface area contributed by atoms with Gasteiger partial charge in [-0.15, -0.1) is 12.6 Å². The molecule has 2 aromatic carbocycles.